The minimum absolute atomic E-state index is 0.0878. The van der Waals surface area contributed by atoms with E-state index in [0.717, 1.165) is 42.6 Å². The lowest BCUT2D eigenvalue weighted by Gasteiger charge is -2.39. The number of carbonyl (C=O) groups is 8. The van der Waals surface area contributed by atoms with E-state index in [1.165, 1.54) is 14.0 Å². The molecular formula is C54H68N10O10. The van der Waals surface area contributed by atoms with Crippen LogP contribution < -0.4 is 32.7 Å². The number of fused-ring (bicyclic) bond motifs is 2. The van der Waals surface area contributed by atoms with Crippen LogP contribution >= 0.6 is 0 Å². The van der Waals surface area contributed by atoms with Crippen molar-refractivity contribution < 1.29 is 43.1 Å². The van der Waals surface area contributed by atoms with Gasteiger partial charge in [-0.15, -0.1) is 0 Å². The molecule has 4 saturated heterocycles. The molecule has 1 aromatic heterocycles. The van der Waals surface area contributed by atoms with E-state index in [0.29, 0.717) is 30.4 Å². The highest BCUT2D eigenvalue weighted by Gasteiger charge is 2.46. The zero-order valence-corrected chi connectivity index (χ0v) is 42.5. The Kier molecular flexibility index (Phi) is 16.3. The van der Waals surface area contributed by atoms with Crippen LogP contribution in [0.25, 0.3) is 11.0 Å². The highest BCUT2D eigenvalue weighted by Crippen LogP contribution is 2.33. The van der Waals surface area contributed by atoms with E-state index in [1.54, 1.807) is 32.7 Å². The molecule has 20 nitrogen and oxygen atoms in total. The van der Waals surface area contributed by atoms with Crippen molar-refractivity contribution in [3.63, 3.8) is 0 Å². The van der Waals surface area contributed by atoms with Gasteiger partial charge in [-0.3, -0.25) is 48.0 Å². The van der Waals surface area contributed by atoms with Gasteiger partial charge < -0.3 is 41.1 Å². The first-order chi connectivity index (χ1) is 35.3. The second-order valence-electron chi connectivity index (χ2n) is 20.9. The van der Waals surface area contributed by atoms with Crippen LogP contribution in [0.3, 0.4) is 0 Å². The third-order valence-corrected chi connectivity index (χ3v) is 14.7. The molecule has 0 spiro atoms. The summed E-state index contributed by atoms with van der Waals surface area (Å²) in [7, 11) is 1.68. The fourth-order valence-electron chi connectivity index (χ4n) is 10.9. The van der Waals surface area contributed by atoms with Crippen LogP contribution in [0, 0.1) is 0 Å². The molecule has 2 unspecified atom stereocenters. The summed E-state index contributed by atoms with van der Waals surface area (Å²) < 4.78 is 8.58. The van der Waals surface area contributed by atoms with Gasteiger partial charge in [-0.05, 0) is 114 Å². The predicted octanol–water partition coefficient (Wildman–Crippen LogP) is 3.03. The van der Waals surface area contributed by atoms with Gasteiger partial charge in [0.2, 0.25) is 41.4 Å². The van der Waals surface area contributed by atoms with Crippen molar-refractivity contribution in [2.24, 2.45) is 12.8 Å². The number of imidazole rings is 1. The lowest BCUT2D eigenvalue weighted by Crippen LogP contribution is -2.62. The number of rotatable bonds is 15. The van der Waals surface area contributed by atoms with Gasteiger partial charge >= 0.3 is 11.8 Å². The van der Waals surface area contributed by atoms with Crippen LogP contribution in [0.1, 0.15) is 120 Å². The van der Waals surface area contributed by atoms with Crippen molar-refractivity contribution in [3.8, 4) is 0 Å². The van der Waals surface area contributed by atoms with Gasteiger partial charge in [0, 0.05) is 45.4 Å². The van der Waals surface area contributed by atoms with Crippen LogP contribution in [-0.4, -0.2) is 134 Å². The number of aryl methyl sites for hydroxylation is 1. The molecule has 0 bridgehead atoms. The molecule has 394 valence electrons. The maximum absolute atomic E-state index is 14.8. The van der Waals surface area contributed by atoms with Crippen LogP contribution in [0.4, 0.5) is 4.79 Å². The molecule has 0 radical (unpaired) electrons. The first-order valence-electron chi connectivity index (χ1n) is 25.7. The molecule has 6 N–H and O–H groups in total. The van der Waals surface area contributed by atoms with Gasteiger partial charge in [0.15, 0.2) is 0 Å². The third kappa shape index (κ3) is 12.3. The summed E-state index contributed by atoms with van der Waals surface area (Å²) in [5.41, 5.74) is 8.33. The SMILES string of the molecule is Cn1c(=O)n(C2CCC(=O)NC2=O)c2ccc(C3CCN(CCC(=O)N4CC[C@H]5CC[C@@H](C(=O)NC(CCC(N)=O)C(=O)NC(c6ccccc6)c6ccccc6)N5C(=O)[C@@H](NC(=O)OC(C)(C)C)C4)CC3)cc21. The molecule has 20 heteroatoms. The number of carbonyl (C=O) groups excluding carboxylic acids is 8. The molecule has 4 aromatic rings. The molecule has 0 saturated carbocycles. The van der Waals surface area contributed by atoms with Crippen LogP contribution in [0.15, 0.2) is 83.7 Å². The number of aromatic nitrogens is 2. The van der Waals surface area contributed by atoms with E-state index in [2.05, 4.69) is 26.2 Å². The van der Waals surface area contributed by atoms with E-state index < -0.39 is 77.5 Å². The summed E-state index contributed by atoms with van der Waals surface area (Å²) >= 11 is 0. The second kappa shape index (κ2) is 22.8. The molecule has 8 amide bonds. The Hall–Kier alpha value is -7.35. The Bertz CT molecular complexity index is 2780. The van der Waals surface area contributed by atoms with E-state index in [-0.39, 0.29) is 75.0 Å². The number of primary amides is 1. The van der Waals surface area contributed by atoms with Crippen molar-refractivity contribution in [2.75, 3.05) is 32.7 Å². The summed E-state index contributed by atoms with van der Waals surface area (Å²) in [6, 6.07) is 19.3. The fourth-order valence-corrected chi connectivity index (χ4v) is 10.9. The highest BCUT2D eigenvalue weighted by atomic mass is 16.6. The first kappa shape index (κ1) is 53.0. The van der Waals surface area contributed by atoms with E-state index in [4.69, 9.17) is 10.5 Å². The number of hydrogen-bond acceptors (Lipinski definition) is 11. The topological polar surface area (TPSA) is 257 Å². The number of ether oxygens (including phenoxy) is 1. The molecule has 0 aliphatic carbocycles. The van der Waals surface area contributed by atoms with Gasteiger partial charge in [-0.2, -0.15) is 0 Å². The largest absolute Gasteiger partial charge is 0.444 e. The lowest BCUT2D eigenvalue weighted by atomic mass is 9.89. The minimum Gasteiger partial charge on any atom is -0.444 e. The maximum Gasteiger partial charge on any atom is 0.408 e. The maximum atomic E-state index is 14.8. The Balaban J connectivity index is 0.915. The number of hydrogen-bond donors (Lipinski definition) is 5. The van der Waals surface area contributed by atoms with Crippen molar-refractivity contribution in [3.05, 3.63) is 106 Å². The lowest BCUT2D eigenvalue weighted by molar-refractivity contribution is -0.146. The molecule has 4 aliphatic rings. The van der Waals surface area contributed by atoms with Crippen molar-refractivity contribution in [2.45, 2.75) is 133 Å². The first-order valence-corrected chi connectivity index (χ1v) is 25.7. The molecule has 74 heavy (non-hydrogen) atoms. The minimum atomic E-state index is -1.26. The quantitative estimate of drug-likeness (QED) is 0.108. The Morgan fingerprint density at radius 1 is 0.797 bits per heavy atom. The molecule has 3 aromatic carbocycles. The summed E-state index contributed by atoms with van der Waals surface area (Å²) in [6.07, 6.45) is 2.14. The van der Waals surface area contributed by atoms with E-state index in [9.17, 15) is 43.2 Å². The van der Waals surface area contributed by atoms with Gasteiger partial charge in [0.25, 0.3) is 0 Å². The molecular weight excluding hydrogens is 949 g/mol. The van der Waals surface area contributed by atoms with Gasteiger partial charge in [0.05, 0.1) is 23.6 Å². The smallest absolute Gasteiger partial charge is 0.408 e. The number of imide groups is 1. The average molecular weight is 1020 g/mol. The Morgan fingerprint density at radius 3 is 2.11 bits per heavy atom. The number of amides is 8. The normalized spacial score (nSPS) is 21.3. The standard InChI is InChI=1S/C54H68N10O10/c1-54(2,3)74-52(72)57-39-32-62(46(67)26-29-61-27-23-33(24-28-61)36-15-18-40-43(31-36)60(4)53(73)64(40)42-20-22-45(66)58-50(42)70)30-25-37-16-19-41(63(37)51(39)71)49(69)56-38(17-21-44(55)65)48(68)59-47(34-11-7-5-8-12-34)35-13-9-6-10-14-35/h5-15,18,31,33,37-39,41-42,47H,16-17,19-30,32H2,1-4H3,(H2,55,65)(H,56,69)(H,57,72)(H,59,68)(H,58,66,70)/t37-,38?,39+,41+,42?/m1/s1. The molecule has 5 heterocycles. The highest BCUT2D eigenvalue weighted by molar-refractivity contribution is 6.00. The van der Waals surface area contributed by atoms with E-state index in [1.807, 2.05) is 78.9 Å². The summed E-state index contributed by atoms with van der Waals surface area (Å²) in [4.78, 5) is 126. The summed E-state index contributed by atoms with van der Waals surface area (Å²) in [5.74, 6) is -3.16. The molecule has 8 rings (SSSR count). The van der Waals surface area contributed by atoms with Crippen molar-refractivity contribution >= 4 is 58.5 Å². The number of alkyl carbamates (subject to hydrolysis) is 1. The number of nitrogens with one attached hydrogen (secondary N) is 4. The summed E-state index contributed by atoms with van der Waals surface area (Å²) in [5, 5.41) is 11.0. The average Bonchev–Trinajstić information content (AvgIpc) is 3.90. The number of nitrogens with two attached hydrogens (primary N) is 1. The number of piperidine rings is 2. The molecule has 4 aliphatic heterocycles. The third-order valence-electron chi connectivity index (χ3n) is 14.7. The van der Waals surface area contributed by atoms with Gasteiger partial charge in [0.1, 0.15) is 29.8 Å². The van der Waals surface area contributed by atoms with Crippen LogP contribution in [-0.2, 0) is 45.3 Å². The Morgan fingerprint density at radius 2 is 1.47 bits per heavy atom. The zero-order valence-electron chi connectivity index (χ0n) is 42.5. The van der Waals surface area contributed by atoms with Crippen molar-refractivity contribution in [1.82, 2.24) is 45.1 Å². The van der Waals surface area contributed by atoms with Crippen molar-refractivity contribution in [1.29, 1.82) is 0 Å². The van der Waals surface area contributed by atoms with Gasteiger partial charge in [-0.1, -0.05) is 66.7 Å². The fraction of sp³-hybridized carbons (Fsp3) is 0.500. The molecule has 4 fully saturated rings. The predicted molar refractivity (Wildman–Crippen MR) is 273 cm³/mol. The number of nitrogens with zero attached hydrogens (tertiary/aromatic N) is 5. The summed E-state index contributed by atoms with van der Waals surface area (Å²) in [6.45, 7) is 7.11. The number of likely N-dealkylation sites (tertiary alicyclic amines) is 1. The Labute approximate surface area is 429 Å². The zero-order chi connectivity index (χ0) is 52.8. The molecule has 5 atom stereocenters. The monoisotopic (exact) mass is 1020 g/mol. The second-order valence-corrected chi connectivity index (χ2v) is 20.9. The van der Waals surface area contributed by atoms with E-state index >= 15 is 0 Å². The van der Waals surface area contributed by atoms with Gasteiger partial charge in [-0.25, -0.2) is 9.59 Å². The van der Waals surface area contributed by atoms with Crippen LogP contribution in [0.5, 0.6) is 0 Å². The number of benzene rings is 3. The van der Waals surface area contributed by atoms with Crippen LogP contribution in [0.2, 0.25) is 0 Å².